The average molecular weight is 386 g/mol. The van der Waals surface area contributed by atoms with E-state index >= 15 is 0 Å². The van der Waals surface area contributed by atoms with Gasteiger partial charge in [0.1, 0.15) is 11.4 Å². The molecule has 0 bridgehead atoms. The van der Waals surface area contributed by atoms with Crippen molar-refractivity contribution in [2.45, 2.75) is 36.2 Å². The average Bonchev–Trinajstić information content (AvgIpc) is 3.19. The van der Waals surface area contributed by atoms with Gasteiger partial charge in [0.25, 0.3) is 0 Å². The van der Waals surface area contributed by atoms with Crippen molar-refractivity contribution < 1.29 is 22.3 Å². The molecule has 1 heterocycles. The molecular formula is C21H19FO4S. The highest BCUT2D eigenvalue weighted by molar-refractivity contribution is 7.90. The van der Waals surface area contributed by atoms with Gasteiger partial charge in [0.15, 0.2) is 9.84 Å². The van der Waals surface area contributed by atoms with Gasteiger partial charge in [0, 0.05) is 11.8 Å². The van der Waals surface area contributed by atoms with Crippen LogP contribution in [0.1, 0.15) is 36.8 Å². The van der Waals surface area contributed by atoms with E-state index in [4.69, 9.17) is 4.74 Å². The van der Waals surface area contributed by atoms with E-state index in [1.807, 2.05) is 0 Å². The van der Waals surface area contributed by atoms with E-state index in [0.717, 1.165) is 30.2 Å². The van der Waals surface area contributed by atoms with Crippen molar-refractivity contribution in [3.05, 3.63) is 65.5 Å². The topological polar surface area (TPSA) is 60.4 Å². The van der Waals surface area contributed by atoms with Gasteiger partial charge in [-0.15, -0.1) is 0 Å². The van der Waals surface area contributed by atoms with E-state index in [9.17, 15) is 17.6 Å². The standard InChI is InChI=1S/C21H19FO4S/c1-27(24,25)17-9-7-14(8-10-17)19-18(15-5-4-6-16(22)13-15)20(23)26-21(19)11-2-3-12-21/h4-10,13H,2-3,11-12H2,1H3. The molecule has 1 aliphatic carbocycles. The fraction of sp³-hybridized carbons (Fsp3) is 0.286. The van der Waals surface area contributed by atoms with Crippen LogP contribution in [0.5, 0.6) is 0 Å². The van der Waals surface area contributed by atoms with Crippen LogP contribution < -0.4 is 0 Å². The van der Waals surface area contributed by atoms with E-state index in [-0.39, 0.29) is 4.90 Å². The highest BCUT2D eigenvalue weighted by Crippen LogP contribution is 2.52. The van der Waals surface area contributed by atoms with Gasteiger partial charge < -0.3 is 4.74 Å². The van der Waals surface area contributed by atoms with Gasteiger partial charge in [-0.2, -0.15) is 0 Å². The molecule has 0 atom stereocenters. The molecule has 4 rings (SSSR count). The first-order valence-electron chi connectivity index (χ1n) is 8.85. The van der Waals surface area contributed by atoms with Gasteiger partial charge in [-0.3, -0.25) is 0 Å². The molecule has 4 nitrogen and oxygen atoms in total. The third kappa shape index (κ3) is 3.08. The summed E-state index contributed by atoms with van der Waals surface area (Å²) in [5.74, 6) is -0.878. The summed E-state index contributed by atoms with van der Waals surface area (Å²) in [5.41, 5.74) is 1.59. The van der Waals surface area contributed by atoms with E-state index in [1.54, 1.807) is 24.3 Å². The molecule has 6 heteroatoms. The number of carbonyl (C=O) groups excluding carboxylic acids is 1. The van der Waals surface area contributed by atoms with E-state index in [2.05, 4.69) is 0 Å². The van der Waals surface area contributed by atoms with Crippen molar-refractivity contribution in [2.75, 3.05) is 6.26 Å². The van der Waals surface area contributed by atoms with Crippen LogP contribution in [0.15, 0.2) is 53.4 Å². The Morgan fingerprint density at radius 3 is 2.26 bits per heavy atom. The fourth-order valence-electron chi connectivity index (χ4n) is 4.09. The number of rotatable bonds is 3. The summed E-state index contributed by atoms with van der Waals surface area (Å²) >= 11 is 0. The van der Waals surface area contributed by atoms with Gasteiger partial charge in [0.2, 0.25) is 0 Å². The van der Waals surface area contributed by atoms with Crippen molar-refractivity contribution in [1.82, 2.24) is 0 Å². The van der Waals surface area contributed by atoms with Crippen LogP contribution in [0.4, 0.5) is 4.39 Å². The molecule has 1 spiro atoms. The Morgan fingerprint density at radius 2 is 1.67 bits per heavy atom. The van der Waals surface area contributed by atoms with Crippen molar-refractivity contribution in [3.63, 3.8) is 0 Å². The van der Waals surface area contributed by atoms with Crippen LogP contribution in [-0.4, -0.2) is 26.2 Å². The largest absolute Gasteiger partial charge is 0.451 e. The number of halogens is 1. The molecule has 2 aromatic carbocycles. The van der Waals surface area contributed by atoms with Crippen LogP contribution in [-0.2, 0) is 19.4 Å². The Balaban J connectivity index is 1.93. The molecule has 0 N–H and O–H groups in total. The minimum absolute atomic E-state index is 0.213. The molecule has 0 radical (unpaired) electrons. The zero-order valence-corrected chi connectivity index (χ0v) is 15.7. The summed E-state index contributed by atoms with van der Waals surface area (Å²) in [5, 5.41) is 0. The Kier molecular flexibility index (Phi) is 4.18. The zero-order chi connectivity index (χ0) is 19.2. The quantitative estimate of drug-likeness (QED) is 0.748. The number of carbonyl (C=O) groups is 1. The van der Waals surface area contributed by atoms with Gasteiger partial charge in [0.05, 0.1) is 10.5 Å². The van der Waals surface area contributed by atoms with Gasteiger partial charge in [-0.1, -0.05) is 24.3 Å². The lowest BCUT2D eigenvalue weighted by Crippen LogP contribution is -2.27. The molecule has 0 saturated heterocycles. The van der Waals surface area contributed by atoms with Crippen molar-refractivity contribution >= 4 is 27.0 Å². The van der Waals surface area contributed by atoms with Crippen molar-refractivity contribution in [3.8, 4) is 0 Å². The molecule has 0 unspecified atom stereocenters. The van der Waals surface area contributed by atoms with Crippen LogP contribution in [0.25, 0.3) is 11.1 Å². The first-order chi connectivity index (χ1) is 12.8. The Labute approximate surface area is 157 Å². The summed E-state index contributed by atoms with van der Waals surface area (Å²) < 4.78 is 43.1. The van der Waals surface area contributed by atoms with Gasteiger partial charge in [-0.25, -0.2) is 17.6 Å². The fourth-order valence-corrected chi connectivity index (χ4v) is 4.72. The van der Waals surface area contributed by atoms with E-state index in [0.29, 0.717) is 24.0 Å². The number of esters is 1. The second-order valence-corrected chi connectivity index (χ2v) is 9.16. The molecule has 140 valence electrons. The molecular weight excluding hydrogens is 367 g/mol. The maximum Gasteiger partial charge on any atom is 0.340 e. The number of sulfone groups is 1. The molecule has 0 aromatic heterocycles. The maximum absolute atomic E-state index is 13.8. The second-order valence-electron chi connectivity index (χ2n) is 7.15. The smallest absolute Gasteiger partial charge is 0.340 e. The van der Waals surface area contributed by atoms with Gasteiger partial charge >= 0.3 is 5.97 Å². The lowest BCUT2D eigenvalue weighted by Gasteiger charge is -2.26. The number of ether oxygens (including phenoxy) is 1. The number of hydrogen-bond acceptors (Lipinski definition) is 4. The minimum atomic E-state index is -3.32. The highest BCUT2D eigenvalue weighted by atomic mass is 32.2. The van der Waals surface area contributed by atoms with Gasteiger partial charge in [-0.05, 0) is 61.1 Å². The summed E-state index contributed by atoms with van der Waals surface area (Å²) in [6.45, 7) is 0. The normalized spacial score (nSPS) is 19.0. The molecule has 0 amide bonds. The van der Waals surface area contributed by atoms with E-state index < -0.39 is 27.2 Å². The highest BCUT2D eigenvalue weighted by Gasteiger charge is 2.49. The molecule has 1 fully saturated rings. The monoisotopic (exact) mass is 386 g/mol. The third-order valence-electron chi connectivity index (χ3n) is 5.29. The van der Waals surface area contributed by atoms with Crippen molar-refractivity contribution in [2.24, 2.45) is 0 Å². The first kappa shape index (κ1) is 17.9. The van der Waals surface area contributed by atoms with Crippen LogP contribution in [0, 0.1) is 5.82 Å². The second kappa shape index (κ2) is 6.30. The summed E-state index contributed by atoms with van der Waals surface area (Å²) in [6, 6.07) is 12.4. The SMILES string of the molecule is CS(=O)(=O)c1ccc(C2=C(c3cccc(F)c3)C(=O)OC23CCCC3)cc1. The summed E-state index contributed by atoms with van der Waals surface area (Å²) in [6.07, 6.45) is 4.45. The lowest BCUT2D eigenvalue weighted by atomic mass is 9.83. The molecule has 1 saturated carbocycles. The number of benzene rings is 2. The Bertz CT molecular complexity index is 1050. The molecule has 1 aliphatic heterocycles. The predicted octanol–water partition coefficient (Wildman–Crippen LogP) is 4.01. The van der Waals surface area contributed by atoms with Crippen LogP contribution >= 0.6 is 0 Å². The zero-order valence-electron chi connectivity index (χ0n) is 14.9. The first-order valence-corrected chi connectivity index (χ1v) is 10.7. The lowest BCUT2D eigenvalue weighted by molar-refractivity contribution is -0.143. The Hall–Kier alpha value is -2.47. The van der Waals surface area contributed by atoms with Crippen LogP contribution in [0.2, 0.25) is 0 Å². The molecule has 2 aromatic rings. The predicted molar refractivity (Wildman–Crippen MR) is 100 cm³/mol. The van der Waals surface area contributed by atoms with E-state index in [1.165, 1.54) is 24.3 Å². The molecule has 27 heavy (non-hydrogen) atoms. The summed E-state index contributed by atoms with van der Waals surface area (Å²) in [4.78, 5) is 13.0. The third-order valence-corrected chi connectivity index (χ3v) is 6.42. The Morgan fingerprint density at radius 1 is 1.00 bits per heavy atom. The summed E-state index contributed by atoms with van der Waals surface area (Å²) in [7, 11) is -3.32. The maximum atomic E-state index is 13.8. The molecule has 2 aliphatic rings. The number of hydrogen-bond donors (Lipinski definition) is 0. The van der Waals surface area contributed by atoms with Crippen molar-refractivity contribution in [1.29, 1.82) is 0 Å². The van der Waals surface area contributed by atoms with Crippen LogP contribution in [0.3, 0.4) is 0 Å². The minimum Gasteiger partial charge on any atom is -0.451 e.